The summed E-state index contributed by atoms with van der Waals surface area (Å²) in [5, 5.41) is 3.77. The molecule has 1 atom stereocenters. The molecule has 0 aromatic heterocycles. The van der Waals surface area contributed by atoms with E-state index in [4.69, 9.17) is 4.43 Å². The van der Waals surface area contributed by atoms with Crippen molar-refractivity contribution in [2.45, 2.75) is 44.1 Å². The van der Waals surface area contributed by atoms with Crippen molar-refractivity contribution < 1.29 is 4.43 Å². The number of nitrogens with zero attached hydrogens (tertiary/aromatic N) is 2. The lowest BCUT2D eigenvalue weighted by Gasteiger charge is -2.45. The Bertz CT molecular complexity index is 737. The fourth-order valence-electron chi connectivity index (χ4n) is 4.29. The van der Waals surface area contributed by atoms with Gasteiger partial charge >= 0.3 is 0 Å². The molecular weight excluding hydrogens is 374 g/mol. The van der Waals surface area contributed by atoms with Crippen molar-refractivity contribution >= 4 is 19.7 Å². The topological polar surface area (TPSA) is 27.7 Å². The Hall–Kier alpha value is -1.82. The lowest BCUT2D eigenvalue weighted by molar-refractivity contribution is 0.0639. The summed E-state index contributed by atoms with van der Waals surface area (Å²) < 4.78 is 7.13. The molecule has 1 aliphatic heterocycles. The Balaban J connectivity index is 2.18. The highest BCUT2D eigenvalue weighted by molar-refractivity contribution is 6.69. The first-order valence-corrected chi connectivity index (χ1v) is 14.0. The highest BCUT2D eigenvalue weighted by Crippen LogP contribution is 2.43. The van der Waals surface area contributed by atoms with Gasteiger partial charge in [-0.25, -0.2) is 0 Å². The van der Waals surface area contributed by atoms with Crippen LogP contribution >= 0.6 is 0 Å². The van der Waals surface area contributed by atoms with E-state index in [-0.39, 0.29) is 6.04 Å². The number of hydrogen-bond donors (Lipinski definition) is 1. The first-order valence-electron chi connectivity index (χ1n) is 10.6. The fourth-order valence-corrected chi connectivity index (χ4v) is 5.63. The van der Waals surface area contributed by atoms with Gasteiger partial charge in [-0.05, 0) is 74.4 Å². The highest BCUT2D eigenvalue weighted by Gasteiger charge is 2.47. The van der Waals surface area contributed by atoms with E-state index in [1.165, 1.54) is 28.9 Å². The van der Waals surface area contributed by atoms with Crippen LogP contribution < -0.4 is 15.1 Å². The maximum Gasteiger partial charge on any atom is 0.185 e. The van der Waals surface area contributed by atoms with Crippen molar-refractivity contribution in [1.82, 2.24) is 5.32 Å². The standard InChI is InChI=1S/C24H37N3OSi/c1-26(2)21-14-10-19(11-15-21)24(28-29(5,6)7,23-9-8-18-25-23)20-12-16-22(17-13-20)27(3)4/h10-17,23,25H,8-9,18H2,1-7H3/t23-/m0/s1. The normalized spacial score (nSPS) is 17.4. The van der Waals surface area contributed by atoms with Crippen LogP contribution in [0.15, 0.2) is 48.5 Å². The van der Waals surface area contributed by atoms with E-state index in [0.29, 0.717) is 0 Å². The van der Waals surface area contributed by atoms with Crippen LogP contribution in [0.1, 0.15) is 24.0 Å². The van der Waals surface area contributed by atoms with Crippen molar-refractivity contribution in [1.29, 1.82) is 0 Å². The third-order valence-electron chi connectivity index (χ3n) is 5.64. The molecule has 1 fully saturated rings. The predicted molar refractivity (Wildman–Crippen MR) is 128 cm³/mol. The minimum absolute atomic E-state index is 0.268. The average molecular weight is 412 g/mol. The quantitative estimate of drug-likeness (QED) is 0.670. The minimum Gasteiger partial charge on any atom is -0.403 e. The van der Waals surface area contributed by atoms with Gasteiger partial charge in [-0.3, -0.25) is 0 Å². The smallest absolute Gasteiger partial charge is 0.185 e. The molecule has 5 heteroatoms. The van der Waals surface area contributed by atoms with Gasteiger partial charge in [0.15, 0.2) is 8.32 Å². The molecule has 4 nitrogen and oxygen atoms in total. The summed E-state index contributed by atoms with van der Waals surface area (Å²) in [7, 11) is 6.47. The van der Waals surface area contributed by atoms with Gasteiger partial charge in [0.05, 0.1) is 0 Å². The van der Waals surface area contributed by atoms with Gasteiger partial charge in [0, 0.05) is 45.6 Å². The number of rotatable bonds is 7. The van der Waals surface area contributed by atoms with Crippen molar-refractivity contribution in [3.63, 3.8) is 0 Å². The van der Waals surface area contributed by atoms with Crippen molar-refractivity contribution in [2.24, 2.45) is 0 Å². The zero-order chi connectivity index (χ0) is 21.2. The molecular formula is C24H37N3OSi. The highest BCUT2D eigenvalue weighted by atomic mass is 28.4. The second kappa shape index (κ2) is 8.50. The molecule has 0 aliphatic carbocycles. The van der Waals surface area contributed by atoms with Gasteiger partial charge in [0.1, 0.15) is 5.60 Å². The molecule has 2 aromatic carbocycles. The van der Waals surface area contributed by atoms with Crippen molar-refractivity contribution in [3.05, 3.63) is 59.7 Å². The molecule has 158 valence electrons. The maximum atomic E-state index is 7.13. The molecule has 0 spiro atoms. The molecule has 0 radical (unpaired) electrons. The zero-order valence-electron chi connectivity index (χ0n) is 19.1. The summed E-state index contributed by atoms with van der Waals surface area (Å²) in [6.45, 7) is 7.92. The molecule has 0 amide bonds. The van der Waals surface area contributed by atoms with E-state index < -0.39 is 13.9 Å². The fraction of sp³-hybridized carbons (Fsp3) is 0.500. The summed E-state index contributed by atoms with van der Waals surface area (Å²) >= 11 is 0. The van der Waals surface area contributed by atoms with E-state index in [9.17, 15) is 0 Å². The van der Waals surface area contributed by atoms with Crippen LogP contribution in [-0.4, -0.2) is 49.1 Å². The third-order valence-corrected chi connectivity index (χ3v) is 6.58. The third kappa shape index (κ3) is 4.68. The Morgan fingerprint density at radius 2 is 1.28 bits per heavy atom. The summed E-state index contributed by atoms with van der Waals surface area (Å²) in [5.74, 6) is 0. The molecule has 0 bridgehead atoms. The van der Waals surface area contributed by atoms with E-state index >= 15 is 0 Å². The molecule has 2 aromatic rings. The van der Waals surface area contributed by atoms with Crippen LogP contribution in [0.3, 0.4) is 0 Å². The van der Waals surface area contributed by atoms with E-state index in [0.717, 1.165) is 13.0 Å². The van der Waals surface area contributed by atoms with Crippen LogP contribution in [0.4, 0.5) is 11.4 Å². The van der Waals surface area contributed by atoms with Crippen LogP contribution in [0, 0.1) is 0 Å². The Labute approximate surface area is 178 Å². The molecule has 1 saturated heterocycles. The summed E-state index contributed by atoms with van der Waals surface area (Å²) in [6.07, 6.45) is 2.31. The summed E-state index contributed by atoms with van der Waals surface area (Å²) in [5.41, 5.74) is 4.41. The van der Waals surface area contributed by atoms with Crippen LogP contribution in [-0.2, 0) is 10.0 Å². The summed E-state index contributed by atoms with van der Waals surface area (Å²) in [4.78, 5) is 4.29. The SMILES string of the molecule is CN(C)c1ccc(C(O[Si](C)(C)C)(c2ccc(N(C)C)cc2)[C@@H]2CCCN2)cc1. The Kier molecular flexibility index (Phi) is 6.41. The first-order chi connectivity index (χ1) is 13.6. The van der Waals surface area contributed by atoms with E-state index in [1.807, 2.05) is 0 Å². The first kappa shape index (κ1) is 21.9. The van der Waals surface area contributed by atoms with Gasteiger partial charge in [-0.15, -0.1) is 0 Å². The largest absolute Gasteiger partial charge is 0.403 e. The van der Waals surface area contributed by atoms with Crippen molar-refractivity contribution in [3.8, 4) is 0 Å². The molecule has 1 heterocycles. The van der Waals surface area contributed by atoms with E-state index in [2.05, 4.69) is 111 Å². The van der Waals surface area contributed by atoms with Gasteiger partial charge in [0.2, 0.25) is 0 Å². The second-order valence-electron chi connectivity index (χ2n) is 9.48. The van der Waals surface area contributed by atoms with Gasteiger partial charge in [0.25, 0.3) is 0 Å². The lowest BCUT2D eigenvalue weighted by Crippen LogP contribution is -2.53. The van der Waals surface area contributed by atoms with Crippen LogP contribution in [0.5, 0.6) is 0 Å². The van der Waals surface area contributed by atoms with Gasteiger partial charge in [-0.1, -0.05) is 24.3 Å². The Morgan fingerprint density at radius 1 is 0.828 bits per heavy atom. The molecule has 29 heavy (non-hydrogen) atoms. The van der Waals surface area contributed by atoms with Gasteiger partial charge < -0.3 is 19.5 Å². The molecule has 1 aliphatic rings. The summed E-state index contributed by atoms with van der Waals surface area (Å²) in [6, 6.07) is 18.1. The molecule has 0 unspecified atom stereocenters. The molecule has 3 rings (SSSR count). The van der Waals surface area contributed by atoms with Gasteiger partial charge in [-0.2, -0.15) is 0 Å². The number of benzene rings is 2. The van der Waals surface area contributed by atoms with Crippen LogP contribution in [0.25, 0.3) is 0 Å². The average Bonchev–Trinajstić information content (AvgIpc) is 3.20. The lowest BCUT2D eigenvalue weighted by atomic mass is 9.79. The maximum absolute atomic E-state index is 7.13. The monoisotopic (exact) mass is 411 g/mol. The number of anilines is 2. The molecule has 0 saturated carbocycles. The van der Waals surface area contributed by atoms with Crippen molar-refractivity contribution in [2.75, 3.05) is 44.5 Å². The predicted octanol–water partition coefficient (Wildman–Crippen LogP) is 4.67. The van der Waals surface area contributed by atoms with E-state index in [1.54, 1.807) is 0 Å². The molecule has 1 N–H and O–H groups in total. The number of nitrogens with one attached hydrogen (secondary N) is 1. The van der Waals surface area contributed by atoms with Crippen LogP contribution in [0.2, 0.25) is 19.6 Å². The number of hydrogen-bond acceptors (Lipinski definition) is 4. The zero-order valence-corrected chi connectivity index (χ0v) is 20.1. The minimum atomic E-state index is -1.86. The Morgan fingerprint density at radius 3 is 1.59 bits per heavy atom. The second-order valence-corrected chi connectivity index (χ2v) is 13.9.